The number of pyridine rings is 1. The molecule has 0 spiro atoms. The Hall–Kier alpha value is -2.91. The molecule has 0 saturated carbocycles. The van der Waals surface area contributed by atoms with Crippen molar-refractivity contribution in [3.05, 3.63) is 53.9 Å². The van der Waals surface area contributed by atoms with Gasteiger partial charge >= 0.3 is 0 Å². The lowest BCUT2D eigenvalue weighted by molar-refractivity contribution is 0.102. The van der Waals surface area contributed by atoms with E-state index in [1.165, 1.54) is 0 Å². The standard InChI is InChI=1S/C18H19N5O/c1-22-8-10-23(11-9-22)16-6-7-20-17(12-16)18(24)21-15-4-2-14(13-19)3-5-15/h2-7,12H,8-11H2,1H3,(H,21,24). The van der Waals surface area contributed by atoms with Gasteiger partial charge in [-0.3, -0.25) is 9.78 Å². The van der Waals surface area contributed by atoms with Crippen LogP contribution in [0.3, 0.4) is 0 Å². The first kappa shape index (κ1) is 16.0. The molecule has 0 bridgehead atoms. The van der Waals surface area contributed by atoms with E-state index < -0.39 is 0 Å². The number of nitrogens with zero attached hydrogens (tertiary/aromatic N) is 4. The Labute approximate surface area is 141 Å². The Bertz CT molecular complexity index is 758. The first-order valence-corrected chi connectivity index (χ1v) is 7.87. The van der Waals surface area contributed by atoms with Gasteiger partial charge < -0.3 is 15.1 Å². The minimum atomic E-state index is -0.254. The number of rotatable bonds is 3. The predicted molar refractivity (Wildman–Crippen MR) is 93.1 cm³/mol. The average molecular weight is 321 g/mol. The molecule has 0 unspecified atom stereocenters. The Morgan fingerprint density at radius 2 is 1.88 bits per heavy atom. The predicted octanol–water partition coefficient (Wildman–Crippen LogP) is 1.96. The summed E-state index contributed by atoms with van der Waals surface area (Å²) < 4.78 is 0. The summed E-state index contributed by atoms with van der Waals surface area (Å²) in [5.74, 6) is -0.254. The molecule has 1 aromatic heterocycles. The van der Waals surface area contributed by atoms with Crippen molar-refractivity contribution in [1.29, 1.82) is 5.26 Å². The molecular formula is C18H19N5O. The van der Waals surface area contributed by atoms with Crippen LogP contribution in [0.5, 0.6) is 0 Å². The van der Waals surface area contributed by atoms with E-state index in [0.29, 0.717) is 16.9 Å². The number of carbonyl (C=O) groups excluding carboxylic acids is 1. The van der Waals surface area contributed by atoms with Crippen LogP contribution in [0, 0.1) is 11.3 Å². The molecule has 1 aliphatic rings. The Balaban J connectivity index is 1.70. The largest absolute Gasteiger partial charge is 0.369 e. The summed E-state index contributed by atoms with van der Waals surface area (Å²) in [7, 11) is 2.11. The van der Waals surface area contributed by atoms with Gasteiger partial charge in [-0.2, -0.15) is 5.26 Å². The van der Waals surface area contributed by atoms with Crippen LogP contribution in [0.2, 0.25) is 0 Å². The number of hydrogen-bond donors (Lipinski definition) is 1. The van der Waals surface area contributed by atoms with Crippen molar-refractivity contribution < 1.29 is 4.79 Å². The zero-order valence-corrected chi connectivity index (χ0v) is 13.6. The number of aromatic nitrogens is 1. The molecule has 24 heavy (non-hydrogen) atoms. The molecule has 1 N–H and O–H groups in total. The smallest absolute Gasteiger partial charge is 0.274 e. The third-order valence-corrected chi connectivity index (χ3v) is 4.12. The summed E-state index contributed by atoms with van der Waals surface area (Å²) in [4.78, 5) is 21.1. The highest BCUT2D eigenvalue weighted by molar-refractivity contribution is 6.03. The van der Waals surface area contributed by atoms with Crippen LogP contribution in [0.1, 0.15) is 16.1 Å². The first-order valence-electron chi connectivity index (χ1n) is 7.87. The third-order valence-electron chi connectivity index (χ3n) is 4.12. The molecule has 3 rings (SSSR count). The number of benzene rings is 1. The number of carbonyl (C=O) groups is 1. The van der Waals surface area contributed by atoms with E-state index in [2.05, 4.69) is 33.2 Å². The van der Waals surface area contributed by atoms with Gasteiger partial charge in [0.05, 0.1) is 11.6 Å². The van der Waals surface area contributed by atoms with E-state index in [-0.39, 0.29) is 5.91 Å². The second-order valence-electron chi connectivity index (χ2n) is 5.83. The maximum absolute atomic E-state index is 12.4. The topological polar surface area (TPSA) is 72.3 Å². The minimum absolute atomic E-state index is 0.254. The number of anilines is 2. The zero-order valence-electron chi connectivity index (χ0n) is 13.6. The lowest BCUT2D eigenvalue weighted by atomic mass is 10.2. The summed E-state index contributed by atoms with van der Waals surface area (Å²) in [5, 5.41) is 11.6. The Kier molecular flexibility index (Phi) is 4.73. The van der Waals surface area contributed by atoms with Crippen LogP contribution in [0.25, 0.3) is 0 Å². The van der Waals surface area contributed by atoms with Crippen molar-refractivity contribution >= 4 is 17.3 Å². The summed E-state index contributed by atoms with van der Waals surface area (Å²) in [6, 6.07) is 12.6. The van der Waals surface area contributed by atoms with Crippen molar-refractivity contribution in [2.75, 3.05) is 43.4 Å². The SMILES string of the molecule is CN1CCN(c2ccnc(C(=O)Nc3ccc(C#N)cc3)c2)CC1. The van der Waals surface area contributed by atoms with E-state index in [1.54, 1.807) is 30.5 Å². The van der Waals surface area contributed by atoms with Crippen molar-refractivity contribution in [2.24, 2.45) is 0 Å². The highest BCUT2D eigenvalue weighted by atomic mass is 16.1. The quantitative estimate of drug-likeness (QED) is 0.935. The van der Waals surface area contributed by atoms with Crippen LogP contribution in [0.15, 0.2) is 42.6 Å². The fraction of sp³-hybridized carbons (Fsp3) is 0.278. The van der Waals surface area contributed by atoms with Crippen molar-refractivity contribution in [3.63, 3.8) is 0 Å². The molecule has 0 aliphatic carbocycles. The summed E-state index contributed by atoms with van der Waals surface area (Å²) in [6.07, 6.45) is 1.67. The van der Waals surface area contributed by atoms with Gasteiger partial charge in [-0.25, -0.2) is 0 Å². The van der Waals surface area contributed by atoms with Crippen LogP contribution in [0.4, 0.5) is 11.4 Å². The molecule has 1 saturated heterocycles. The van der Waals surface area contributed by atoms with Crippen molar-refractivity contribution in [1.82, 2.24) is 9.88 Å². The number of nitriles is 1. The van der Waals surface area contributed by atoms with Crippen molar-refractivity contribution in [3.8, 4) is 6.07 Å². The van der Waals surface area contributed by atoms with Crippen LogP contribution < -0.4 is 10.2 Å². The molecule has 1 amide bonds. The first-order chi connectivity index (χ1) is 11.7. The molecule has 0 atom stereocenters. The van der Waals surface area contributed by atoms with Crippen LogP contribution in [-0.2, 0) is 0 Å². The molecular weight excluding hydrogens is 302 g/mol. The molecule has 2 heterocycles. The summed E-state index contributed by atoms with van der Waals surface area (Å²) in [6.45, 7) is 3.90. The number of likely N-dealkylation sites (N-methyl/N-ethyl adjacent to an activating group) is 1. The maximum Gasteiger partial charge on any atom is 0.274 e. The second kappa shape index (κ2) is 7.11. The molecule has 1 fully saturated rings. The average Bonchev–Trinajstić information content (AvgIpc) is 2.63. The Morgan fingerprint density at radius 1 is 1.17 bits per heavy atom. The lowest BCUT2D eigenvalue weighted by Crippen LogP contribution is -2.44. The second-order valence-corrected chi connectivity index (χ2v) is 5.83. The molecule has 2 aromatic rings. The summed E-state index contributed by atoms with van der Waals surface area (Å²) in [5.41, 5.74) is 2.60. The van der Waals surface area contributed by atoms with E-state index in [4.69, 9.17) is 5.26 Å². The van der Waals surface area contributed by atoms with Gasteiger partial charge in [0.25, 0.3) is 5.91 Å². The van der Waals surface area contributed by atoms with Gasteiger partial charge in [0, 0.05) is 43.8 Å². The van der Waals surface area contributed by atoms with Gasteiger partial charge in [0.2, 0.25) is 0 Å². The number of piperazine rings is 1. The number of nitrogens with one attached hydrogen (secondary N) is 1. The zero-order chi connectivity index (χ0) is 16.9. The van der Waals surface area contributed by atoms with Gasteiger partial charge in [-0.1, -0.05) is 0 Å². The maximum atomic E-state index is 12.4. The molecule has 1 aromatic carbocycles. The Morgan fingerprint density at radius 3 is 2.54 bits per heavy atom. The van der Waals surface area contributed by atoms with Gasteiger partial charge in [-0.15, -0.1) is 0 Å². The van der Waals surface area contributed by atoms with Gasteiger partial charge in [-0.05, 0) is 43.4 Å². The fourth-order valence-electron chi connectivity index (χ4n) is 2.63. The third kappa shape index (κ3) is 3.70. The minimum Gasteiger partial charge on any atom is -0.369 e. The lowest BCUT2D eigenvalue weighted by Gasteiger charge is -2.34. The molecule has 0 radical (unpaired) electrons. The highest BCUT2D eigenvalue weighted by Gasteiger charge is 2.16. The monoisotopic (exact) mass is 321 g/mol. The van der Waals surface area contributed by atoms with Gasteiger partial charge in [0.1, 0.15) is 5.69 Å². The van der Waals surface area contributed by atoms with Gasteiger partial charge in [0.15, 0.2) is 0 Å². The molecule has 6 nitrogen and oxygen atoms in total. The highest BCUT2D eigenvalue weighted by Crippen LogP contribution is 2.17. The van der Waals surface area contributed by atoms with E-state index >= 15 is 0 Å². The molecule has 1 aliphatic heterocycles. The van der Waals surface area contributed by atoms with Crippen LogP contribution >= 0.6 is 0 Å². The normalized spacial score (nSPS) is 14.9. The molecule has 6 heteroatoms. The van der Waals surface area contributed by atoms with Crippen molar-refractivity contribution in [2.45, 2.75) is 0 Å². The summed E-state index contributed by atoms with van der Waals surface area (Å²) >= 11 is 0. The fourth-order valence-corrected chi connectivity index (χ4v) is 2.63. The van der Waals surface area contributed by atoms with Crippen LogP contribution in [-0.4, -0.2) is 49.0 Å². The van der Waals surface area contributed by atoms with E-state index in [0.717, 1.165) is 31.9 Å². The van der Waals surface area contributed by atoms with E-state index in [1.807, 2.05) is 12.1 Å². The number of hydrogen-bond acceptors (Lipinski definition) is 5. The molecule has 122 valence electrons. The van der Waals surface area contributed by atoms with E-state index in [9.17, 15) is 4.79 Å². The number of amides is 1.